The Bertz CT molecular complexity index is 1110. The molecule has 1 aromatic heterocycles. The maximum Gasteiger partial charge on any atom is 0.325 e. The van der Waals surface area contributed by atoms with E-state index in [9.17, 15) is 18.0 Å². The minimum absolute atomic E-state index is 0.0958. The zero-order valence-corrected chi connectivity index (χ0v) is 16.8. The van der Waals surface area contributed by atoms with Crippen LogP contribution in [0.5, 0.6) is 11.5 Å². The number of carbonyl (C=O) groups excluding carboxylic acids is 2. The first-order chi connectivity index (χ1) is 13.6. The van der Waals surface area contributed by atoms with Crippen LogP contribution in [0.4, 0.5) is 4.79 Å². The molecule has 0 radical (unpaired) electrons. The quantitative estimate of drug-likeness (QED) is 0.721. The molecule has 1 unspecified atom stereocenters. The van der Waals surface area contributed by atoms with E-state index in [1.54, 1.807) is 25.1 Å². The summed E-state index contributed by atoms with van der Waals surface area (Å²) < 4.78 is 41.3. The first-order valence-corrected chi connectivity index (χ1v) is 10.1. The number of amides is 3. The molecule has 2 aromatic rings. The van der Waals surface area contributed by atoms with Gasteiger partial charge in [-0.2, -0.15) is 0 Å². The summed E-state index contributed by atoms with van der Waals surface area (Å²) in [5, 5.41) is 2.43. The van der Waals surface area contributed by atoms with E-state index in [0.29, 0.717) is 17.1 Å². The van der Waals surface area contributed by atoms with Gasteiger partial charge in [0.2, 0.25) is 11.9 Å². The summed E-state index contributed by atoms with van der Waals surface area (Å²) in [7, 11) is -0.990. The summed E-state index contributed by atoms with van der Waals surface area (Å²) in [4.78, 5) is 26.5. The third kappa shape index (κ3) is 3.02. The molecule has 0 saturated carbocycles. The van der Waals surface area contributed by atoms with Crippen LogP contribution in [-0.4, -0.2) is 50.4 Å². The van der Waals surface area contributed by atoms with Crippen LogP contribution in [0.15, 0.2) is 39.8 Å². The summed E-state index contributed by atoms with van der Waals surface area (Å²) in [5.41, 5.74) is -0.763. The predicted octanol–water partition coefficient (Wildman–Crippen LogP) is 1.23. The third-order valence-electron chi connectivity index (χ3n) is 4.91. The number of benzene rings is 1. The number of hydrogen-bond donors (Lipinski definition) is 1. The normalized spacial score (nSPS) is 21.2. The molecule has 0 spiro atoms. The molecule has 1 saturated heterocycles. The van der Waals surface area contributed by atoms with Crippen LogP contribution in [0.1, 0.15) is 18.2 Å². The zero-order valence-electron chi connectivity index (χ0n) is 16.0. The van der Waals surface area contributed by atoms with Gasteiger partial charge in [0, 0.05) is 14.1 Å². The molecule has 1 fully saturated rings. The molecule has 0 aliphatic carbocycles. The number of ether oxygens (including phenoxy) is 2. The summed E-state index contributed by atoms with van der Waals surface area (Å²) >= 11 is 0. The Morgan fingerprint density at radius 3 is 2.59 bits per heavy atom. The second-order valence-corrected chi connectivity index (χ2v) is 9.11. The molecule has 4 rings (SSSR count). The van der Waals surface area contributed by atoms with Crippen molar-refractivity contribution in [1.29, 1.82) is 0 Å². The number of sulfonamides is 1. The fourth-order valence-corrected chi connectivity index (χ4v) is 3.97. The zero-order chi connectivity index (χ0) is 21.0. The number of furan rings is 1. The molecule has 154 valence electrons. The van der Waals surface area contributed by atoms with E-state index in [1.165, 1.54) is 26.2 Å². The van der Waals surface area contributed by atoms with Crippen LogP contribution in [0.2, 0.25) is 0 Å². The van der Waals surface area contributed by atoms with Gasteiger partial charge < -0.3 is 19.2 Å². The van der Waals surface area contributed by atoms with Crippen molar-refractivity contribution in [2.45, 2.75) is 24.1 Å². The van der Waals surface area contributed by atoms with Gasteiger partial charge in [0.1, 0.15) is 11.3 Å². The molecule has 2 aliphatic rings. The highest BCUT2D eigenvalue weighted by atomic mass is 32.2. The van der Waals surface area contributed by atoms with Crippen LogP contribution < -0.4 is 14.8 Å². The molecule has 11 heteroatoms. The van der Waals surface area contributed by atoms with Gasteiger partial charge in [0.15, 0.2) is 11.5 Å². The van der Waals surface area contributed by atoms with E-state index in [0.717, 1.165) is 9.21 Å². The lowest BCUT2D eigenvalue weighted by Gasteiger charge is -2.22. The molecule has 0 bridgehead atoms. The summed E-state index contributed by atoms with van der Waals surface area (Å²) in [6.45, 7) is 1.49. The lowest BCUT2D eigenvalue weighted by Crippen LogP contribution is -2.40. The van der Waals surface area contributed by atoms with Crippen molar-refractivity contribution in [3.63, 3.8) is 0 Å². The van der Waals surface area contributed by atoms with Gasteiger partial charge in [0.25, 0.3) is 15.9 Å². The standard InChI is InChI=1S/C18H19N3O7S/c1-18(11-4-6-13-14(8-11)27-10-26-13)16(22)21(17(23)19-18)9-12-5-7-15(28-12)29(24,25)20(2)3/h4-8H,9-10H2,1-3H3,(H,19,23). The Balaban J connectivity index is 1.58. The van der Waals surface area contributed by atoms with Crippen molar-refractivity contribution in [3.8, 4) is 11.5 Å². The maximum absolute atomic E-state index is 13.1. The van der Waals surface area contributed by atoms with Gasteiger partial charge in [0.05, 0.1) is 6.54 Å². The Labute approximate surface area is 167 Å². The van der Waals surface area contributed by atoms with Crippen LogP contribution in [0, 0.1) is 0 Å². The topological polar surface area (TPSA) is 118 Å². The smallest absolute Gasteiger partial charge is 0.325 e. The van der Waals surface area contributed by atoms with Crippen molar-refractivity contribution < 1.29 is 31.9 Å². The molecule has 2 aliphatic heterocycles. The van der Waals surface area contributed by atoms with E-state index in [1.807, 2.05) is 0 Å². The molecule has 1 N–H and O–H groups in total. The molecule has 3 heterocycles. The van der Waals surface area contributed by atoms with E-state index in [4.69, 9.17) is 13.9 Å². The van der Waals surface area contributed by atoms with E-state index in [2.05, 4.69) is 5.32 Å². The van der Waals surface area contributed by atoms with Gasteiger partial charge in [-0.05, 0) is 36.8 Å². The number of fused-ring (bicyclic) bond motifs is 1. The highest BCUT2D eigenvalue weighted by molar-refractivity contribution is 7.88. The molecular formula is C18H19N3O7S. The highest BCUT2D eigenvalue weighted by Crippen LogP contribution is 2.38. The van der Waals surface area contributed by atoms with Gasteiger partial charge in [-0.1, -0.05) is 6.07 Å². The lowest BCUT2D eigenvalue weighted by molar-refractivity contribution is -0.131. The SMILES string of the molecule is CN(C)S(=O)(=O)c1ccc(CN2C(=O)NC(C)(c3ccc4c(c3)OCO4)C2=O)o1. The number of nitrogens with zero attached hydrogens (tertiary/aromatic N) is 2. The number of nitrogens with one attached hydrogen (secondary N) is 1. The third-order valence-corrected chi connectivity index (χ3v) is 6.60. The van der Waals surface area contributed by atoms with Crippen molar-refractivity contribution in [1.82, 2.24) is 14.5 Å². The van der Waals surface area contributed by atoms with Crippen molar-refractivity contribution in [2.24, 2.45) is 0 Å². The average molecular weight is 421 g/mol. The van der Waals surface area contributed by atoms with Crippen LogP contribution >= 0.6 is 0 Å². The van der Waals surface area contributed by atoms with Gasteiger partial charge in [-0.15, -0.1) is 0 Å². The molecule has 29 heavy (non-hydrogen) atoms. The molecule has 1 aromatic carbocycles. The van der Waals surface area contributed by atoms with Gasteiger partial charge >= 0.3 is 6.03 Å². The number of rotatable bonds is 5. The Morgan fingerprint density at radius 2 is 1.86 bits per heavy atom. The van der Waals surface area contributed by atoms with E-state index >= 15 is 0 Å². The van der Waals surface area contributed by atoms with Crippen LogP contribution in [0.3, 0.4) is 0 Å². The minimum atomic E-state index is -3.75. The molecule has 10 nitrogen and oxygen atoms in total. The Morgan fingerprint density at radius 1 is 1.14 bits per heavy atom. The van der Waals surface area contributed by atoms with Gasteiger partial charge in [-0.25, -0.2) is 17.5 Å². The van der Waals surface area contributed by atoms with Crippen LogP contribution in [0.25, 0.3) is 0 Å². The second kappa shape index (κ2) is 6.49. The predicted molar refractivity (Wildman–Crippen MR) is 98.6 cm³/mol. The average Bonchev–Trinajstić information content (AvgIpc) is 3.37. The summed E-state index contributed by atoms with van der Waals surface area (Å²) in [6, 6.07) is 7.12. The minimum Gasteiger partial charge on any atom is -0.454 e. The lowest BCUT2D eigenvalue weighted by atomic mass is 9.91. The molecule has 3 amide bonds. The monoisotopic (exact) mass is 421 g/mol. The maximum atomic E-state index is 13.1. The fourth-order valence-electron chi connectivity index (χ4n) is 3.16. The van der Waals surface area contributed by atoms with Crippen molar-refractivity contribution in [2.75, 3.05) is 20.9 Å². The van der Waals surface area contributed by atoms with E-state index in [-0.39, 0.29) is 24.2 Å². The van der Waals surface area contributed by atoms with E-state index < -0.39 is 27.5 Å². The summed E-state index contributed by atoms with van der Waals surface area (Å²) in [6.07, 6.45) is 0. The first kappa shape index (κ1) is 19.3. The Kier molecular flexibility index (Phi) is 4.32. The number of hydrogen-bond acceptors (Lipinski definition) is 7. The number of imide groups is 1. The number of urea groups is 1. The number of carbonyl (C=O) groups is 2. The second-order valence-electron chi connectivity index (χ2n) is 7.02. The van der Waals surface area contributed by atoms with Crippen molar-refractivity contribution in [3.05, 3.63) is 41.7 Å². The summed E-state index contributed by atoms with van der Waals surface area (Å²) in [5.74, 6) is 0.739. The largest absolute Gasteiger partial charge is 0.454 e. The fraction of sp³-hybridized carbons (Fsp3) is 0.333. The molecule has 1 atom stereocenters. The van der Waals surface area contributed by atoms with Gasteiger partial charge in [-0.3, -0.25) is 9.69 Å². The molecular weight excluding hydrogens is 402 g/mol. The van der Waals surface area contributed by atoms with Crippen molar-refractivity contribution >= 4 is 22.0 Å². The first-order valence-electron chi connectivity index (χ1n) is 8.68. The van der Waals surface area contributed by atoms with Crippen LogP contribution in [-0.2, 0) is 26.9 Å². The highest BCUT2D eigenvalue weighted by Gasteiger charge is 2.49. The Hall–Kier alpha value is -3.05.